The molecule has 2 aromatic rings. The van der Waals surface area contributed by atoms with E-state index in [0.717, 1.165) is 6.07 Å². The molecule has 2 aromatic carbocycles. The summed E-state index contributed by atoms with van der Waals surface area (Å²) in [7, 11) is 1.48. The summed E-state index contributed by atoms with van der Waals surface area (Å²) in [5, 5.41) is 13.7. The molecule has 0 heterocycles. The number of alkyl halides is 3. The summed E-state index contributed by atoms with van der Waals surface area (Å²) in [5.41, 5.74) is -4.01. The lowest BCUT2D eigenvalue weighted by Gasteiger charge is -2.31. The molecule has 7 heteroatoms. The van der Waals surface area contributed by atoms with Gasteiger partial charge in [0.15, 0.2) is 0 Å². The summed E-state index contributed by atoms with van der Waals surface area (Å²) < 4.78 is 46.8. The van der Waals surface area contributed by atoms with Crippen LogP contribution in [-0.4, -0.2) is 23.9 Å². The Kier molecular flexibility index (Phi) is 6.22. The van der Waals surface area contributed by atoms with Crippen molar-refractivity contribution in [1.29, 1.82) is 0 Å². The molecule has 0 fully saturated rings. The second-order valence-corrected chi connectivity index (χ2v) is 7.69. The van der Waals surface area contributed by atoms with Crippen molar-refractivity contribution >= 4 is 17.3 Å². The van der Waals surface area contributed by atoms with Crippen LogP contribution < -0.4 is 10.1 Å². The van der Waals surface area contributed by atoms with Crippen molar-refractivity contribution in [3.8, 4) is 17.6 Å². The smallest absolute Gasteiger partial charge is 0.433 e. The highest BCUT2D eigenvalue weighted by molar-refractivity contribution is 6.30. The summed E-state index contributed by atoms with van der Waals surface area (Å²) in [4.78, 5) is 0. The van der Waals surface area contributed by atoms with Gasteiger partial charge in [-0.1, -0.05) is 17.5 Å². The molecule has 0 aromatic heterocycles. The van der Waals surface area contributed by atoms with E-state index in [0.29, 0.717) is 11.3 Å². The zero-order valence-electron chi connectivity index (χ0n) is 15.9. The standard InChI is InChI=1S/C21H21ClF3NO2/c1-19(2,3)26-18-10-7-15(22)13-17(18)20(27,21(23,24)25)12-11-14-5-8-16(28-4)9-6-14/h5-10,13,26-27H,1-4H3. The second-order valence-electron chi connectivity index (χ2n) is 7.25. The average molecular weight is 412 g/mol. The lowest BCUT2D eigenvalue weighted by atomic mass is 9.90. The third kappa shape index (κ3) is 5.12. The molecule has 28 heavy (non-hydrogen) atoms. The molecular weight excluding hydrogens is 391 g/mol. The summed E-state index contributed by atoms with van der Waals surface area (Å²) in [6, 6.07) is 10.1. The maximum absolute atomic E-state index is 13.9. The van der Waals surface area contributed by atoms with E-state index in [1.165, 1.54) is 31.4 Å². The molecule has 0 bridgehead atoms. The molecule has 2 rings (SSSR count). The Morgan fingerprint density at radius 2 is 1.64 bits per heavy atom. The Balaban J connectivity index is 2.61. The highest BCUT2D eigenvalue weighted by Crippen LogP contribution is 2.43. The van der Waals surface area contributed by atoms with Crippen LogP contribution in [0.2, 0.25) is 5.02 Å². The number of anilines is 1. The fourth-order valence-electron chi connectivity index (χ4n) is 2.46. The number of benzene rings is 2. The molecule has 1 unspecified atom stereocenters. The van der Waals surface area contributed by atoms with Crippen LogP contribution in [0.25, 0.3) is 0 Å². The maximum Gasteiger partial charge on any atom is 0.433 e. The maximum atomic E-state index is 13.9. The number of ether oxygens (including phenoxy) is 1. The van der Waals surface area contributed by atoms with E-state index < -0.39 is 22.9 Å². The first-order valence-electron chi connectivity index (χ1n) is 8.40. The summed E-state index contributed by atoms with van der Waals surface area (Å²) in [6.45, 7) is 5.38. The van der Waals surface area contributed by atoms with E-state index in [2.05, 4.69) is 11.2 Å². The molecule has 0 radical (unpaired) electrons. The van der Waals surface area contributed by atoms with Gasteiger partial charge in [0.25, 0.3) is 5.60 Å². The normalized spacial score (nSPS) is 13.9. The molecule has 2 N–H and O–H groups in total. The van der Waals surface area contributed by atoms with Crippen LogP contribution in [0.15, 0.2) is 42.5 Å². The zero-order chi connectivity index (χ0) is 21.2. The predicted molar refractivity (Wildman–Crippen MR) is 105 cm³/mol. The lowest BCUT2D eigenvalue weighted by molar-refractivity contribution is -0.240. The molecule has 0 amide bonds. The predicted octanol–water partition coefficient (Wildman–Crippen LogP) is 5.36. The molecule has 0 saturated carbocycles. The topological polar surface area (TPSA) is 41.5 Å². The van der Waals surface area contributed by atoms with Crippen LogP contribution in [0.4, 0.5) is 18.9 Å². The Bertz CT molecular complexity index is 893. The zero-order valence-corrected chi connectivity index (χ0v) is 16.7. The third-order valence-corrected chi connectivity index (χ3v) is 4.00. The third-order valence-electron chi connectivity index (χ3n) is 3.77. The number of halogens is 4. The van der Waals surface area contributed by atoms with E-state index in [1.807, 2.05) is 5.92 Å². The number of hydrogen-bond acceptors (Lipinski definition) is 3. The number of aliphatic hydroxyl groups is 1. The molecule has 150 valence electrons. The van der Waals surface area contributed by atoms with Crippen molar-refractivity contribution in [1.82, 2.24) is 0 Å². The average Bonchev–Trinajstić information content (AvgIpc) is 2.59. The van der Waals surface area contributed by atoms with Crippen LogP contribution in [0, 0.1) is 11.8 Å². The summed E-state index contributed by atoms with van der Waals surface area (Å²) >= 11 is 5.93. The SMILES string of the molecule is COc1ccc(C#CC(O)(c2cc(Cl)ccc2NC(C)(C)C)C(F)(F)F)cc1. The van der Waals surface area contributed by atoms with Crippen LogP contribution in [0.1, 0.15) is 31.9 Å². The van der Waals surface area contributed by atoms with E-state index in [9.17, 15) is 18.3 Å². The molecule has 0 aliphatic carbocycles. The minimum atomic E-state index is -5.05. The fraction of sp³-hybridized carbons (Fsp3) is 0.333. The first-order valence-corrected chi connectivity index (χ1v) is 8.78. The largest absolute Gasteiger partial charge is 0.497 e. The summed E-state index contributed by atoms with van der Waals surface area (Å²) in [5.74, 6) is 4.95. The molecule has 3 nitrogen and oxygen atoms in total. The van der Waals surface area contributed by atoms with Gasteiger partial charge in [-0.05, 0) is 69.2 Å². The monoisotopic (exact) mass is 411 g/mol. The van der Waals surface area contributed by atoms with E-state index in [-0.39, 0.29) is 10.7 Å². The molecule has 0 aliphatic rings. The van der Waals surface area contributed by atoms with Gasteiger partial charge in [-0.3, -0.25) is 0 Å². The first-order chi connectivity index (χ1) is 12.9. The van der Waals surface area contributed by atoms with Crippen molar-refractivity contribution in [2.24, 2.45) is 0 Å². The number of methoxy groups -OCH3 is 1. The van der Waals surface area contributed by atoms with Crippen molar-refractivity contribution in [3.63, 3.8) is 0 Å². The number of nitrogens with one attached hydrogen (secondary N) is 1. The van der Waals surface area contributed by atoms with E-state index in [4.69, 9.17) is 16.3 Å². The van der Waals surface area contributed by atoms with Crippen LogP contribution >= 0.6 is 11.6 Å². The Morgan fingerprint density at radius 3 is 2.14 bits per heavy atom. The number of hydrogen-bond donors (Lipinski definition) is 2. The quantitative estimate of drug-likeness (QED) is 0.668. The minimum absolute atomic E-state index is 0.0587. The molecule has 0 saturated heterocycles. The molecular formula is C21H21ClF3NO2. The molecule has 0 aliphatic heterocycles. The minimum Gasteiger partial charge on any atom is -0.497 e. The van der Waals surface area contributed by atoms with Gasteiger partial charge in [0.05, 0.1) is 7.11 Å². The van der Waals surface area contributed by atoms with Gasteiger partial charge < -0.3 is 15.2 Å². The Hall–Kier alpha value is -2.36. The van der Waals surface area contributed by atoms with Gasteiger partial charge >= 0.3 is 6.18 Å². The van der Waals surface area contributed by atoms with Crippen LogP contribution in [-0.2, 0) is 5.60 Å². The van der Waals surface area contributed by atoms with Crippen molar-refractivity contribution in [2.45, 2.75) is 38.1 Å². The van der Waals surface area contributed by atoms with E-state index in [1.54, 1.807) is 32.9 Å². The van der Waals surface area contributed by atoms with Gasteiger partial charge in [-0.2, -0.15) is 13.2 Å². The first kappa shape index (κ1) is 21.9. The highest BCUT2D eigenvalue weighted by Gasteiger charge is 2.55. The Morgan fingerprint density at radius 1 is 1.04 bits per heavy atom. The summed E-state index contributed by atoms with van der Waals surface area (Å²) in [6.07, 6.45) is -5.05. The van der Waals surface area contributed by atoms with Crippen molar-refractivity contribution in [3.05, 3.63) is 58.6 Å². The fourth-order valence-corrected chi connectivity index (χ4v) is 2.63. The van der Waals surface area contributed by atoms with Crippen LogP contribution in [0.3, 0.4) is 0 Å². The highest BCUT2D eigenvalue weighted by atomic mass is 35.5. The van der Waals surface area contributed by atoms with E-state index >= 15 is 0 Å². The Labute approximate surface area is 167 Å². The van der Waals surface area contributed by atoms with Gasteiger partial charge in [0, 0.05) is 27.4 Å². The lowest BCUT2D eigenvalue weighted by Crippen LogP contribution is -2.42. The van der Waals surface area contributed by atoms with Gasteiger partial charge in [-0.25, -0.2) is 0 Å². The molecule has 0 spiro atoms. The van der Waals surface area contributed by atoms with Gasteiger partial charge in [0.1, 0.15) is 5.75 Å². The number of rotatable bonds is 3. The van der Waals surface area contributed by atoms with Crippen molar-refractivity contribution < 1.29 is 23.0 Å². The van der Waals surface area contributed by atoms with Gasteiger partial charge in [0.2, 0.25) is 0 Å². The molecule has 1 atom stereocenters. The second kappa shape index (κ2) is 7.94. The van der Waals surface area contributed by atoms with Crippen LogP contribution in [0.5, 0.6) is 5.75 Å². The van der Waals surface area contributed by atoms with Gasteiger partial charge in [-0.15, -0.1) is 0 Å². The van der Waals surface area contributed by atoms with Crippen molar-refractivity contribution in [2.75, 3.05) is 12.4 Å².